The number of aliphatic hydroxyl groups excluding tert-OH is 1. The third-order valence-electron chi connectivity index (χ3n) is 1.36. The van der Waals surface area contributed by atoms with Gasteiger partial charge in [-0.3, -0.25) is 0 Å². The Morgan fingerprint density at radius 2 is 2.38 bits per heavy atom. The average molecular weight is 116 g/mol. The maximum Gasteiger partial charge on any atom is 0.0913 e. The smallest absolute Gasteiger partial charge is 0.0913 e. The summed E-state index contributed by atoms with van der Waals surface area (Å²) in [6.07, 6.45) is 0.551. The highest BCUT2D eigenvalue weighted by Crippen LogP contribution is 2.30. The molecule has 0 bridgehead atoms. The second kappa shape index (κ2) is 1.71. The monoisotopic (exact) mass is 116 g/mol. The molecule has 1 heterocycles. The molecule has 2 heteroatoms. The van der Waals surface area contributed by atoms with Gasteiger partial charge in [0.05, 0.1) is 18.3 Å². The Kier molecular flexibility index (Phi) is 1.29. The maximum atomic E-state index is 8.85. The van der Waals surface area contributed by atoms with Crippen molar-refractivity contribution < 1.29 is 9.84 Å². The first-order valence-corrected chi connectivity index (χ1v) is 2.94. The van der Waals surface area contributed by atoms with Crippen molar-refractivity contribution >= 4 is 0 Å². The summed E-state index contributed by atoms with van der Waals surface area (Å²) in [5.41, 5.74) is 0.0220. The molecule has 2 atom stereocenters. The molecule has 1 N–H and O–H groups in total. The van der Waals surface area contributed by atoms with Crippen LogP contribution in [0, 0.1) is 0 Å². The van der Waals surface area contributed by atoms with Gasteiger partial charge in [-0.25, -0.2) is 0 Å². The Hall–Kier alpha value is -0.0800. The lowest BCUT2D eigenvalue weighted by molar-refractivity contribution is 0.146. The largest absolute Gasteiger partial charge is 0.393 e. The number of aliphatic hydroxyl groups is 1. The van der Waals surface area contributed by atoms with Crippen LogP contribution in [-0.2, 0) is 4.74 Å². The Morgan fingerprint density at radius 1 is 1.88 bits per heavy atom. The number of hydrogen-bond acceptors (Lipinski definition) is 2. The molecular formula is C6H12O2. The van der Waals surface area contributed by atoms with Crippen LogP contribution in [-0.4, -0.2) is 23.4 Å². The normalized spacial score (nSPS) is 39.4. The molecule has 0 aromatic carbocycles. The second-order valence-electron chi connectivity index (χ2n) is 2.79. The van der Waals surface area contributed by atoms with Crippen LogP contribution >= 0.6 is 0 Å². The van der Waals surface area contributed by atoms with E-state index in [-0.39, 0.29) is 11.7 Å². The number of epoxide rings is 1. The Morgan fingerprint density at radius 3 is 2.50 bits per heavy atom. The third kappa shape index (κ3) is 1.46. The van der Waals surface area contributed by atoms with Crippen molar-refractivity contribution in [3.8, 4) is 0 Å². The molecule has 0 radical (unpaired) electrons. The predicted molar refractivity (Wildman–Crippen MR) is 30.7 cm³/mol. The molecule has 1 aliphatic heterocycles. The van der Waals surface area contributed by atoms with E-state index in [4.69, 9.17) is 9.84 Å². The van der Waals surface area contributed by atoms with Gasteiger partial charge < -0.3 is 9.84 Å². The van der Waals surface area contributed by atoms with E-state index in [1.807, 2.05) is 6.92 Å². The molecule has 48 valence electrons. The number of hydrogen-bond donors (Lipinski definition) is 1. The summed E-state index contributed by atoms with van der Waals surface area (Å²) in [6.45, 7) is 4.62. The Balaban J connectivity index is 2.19. The lowest BCUT2D eigenvalue weighted by Gasteiger charge is -2.05. The van der Waals surface area contributed by atoms with E-state index in [0.29, 0.717) is 0 Å². The summed E-state index contributed by atoms with van der Waals surface area (Å²) in [7, 11) is 0. The highest BCUT2D eigenvalue weighted by atomic mass is 16.6. The minimum atomic E-state index is -0.220. The van der Waals surface area contributed by atoms with E-state index in [0.717, 1.165) is 13.0 Å². The van der Waals surface area contributed by atoms with E-state index < -0.39 is 0 Å². The van der Waals surface area contributed by atoms with Gasteiger partial charge in [-0.1, -0.05) is 0 Å². The van der Waals surface area contributed by atoms with E-state index in [1.165, 1.54) is 0 Å². The van der Waals surface area contributed by atoms with Crippen molar-refractivity contribution in [3.05, 3.63) is 0 Å². The van der Waals surface area contributed by atoms with Gasteiger partial charge >= 0.3 is 0 Å². The van der Waals surface area contributed by atoms with Gasteiger partial charge in [0.2, 0.25) is 0 Å². The zero-order valence-corrected chi connectivity index (χ0v) is 5.35. The molecular weight excluding hydrogens is 104 g/mol. The summed E-state index contributed by atoms with van der Waals surface area (Å²) in [5.74, 6) is 0. The molecule has 1 rings (SSSR count). The lowest BCUT2D eigenvalue weighted by Crippen LogP contribution is -2.13. The molecule has 0 spiro atoms. The van der Waals surface area contributed by atoms with Crippen molar-refractivity contribution in [2.45, 2.75) is 32.0 Å². The van der Waals surface area contributed by atoms with Gasteiger partial charge in [-0.15, -0.1) is 0 Å². The van der Waals surface area contributed by atoms with Gasteiger partial charge in [-0.2, -0.15) is 0 Å². The van der Waals surface area contributed by atoms with Gasteiger partial charge in [0.1, 0.15) is 0 Å². The van der Waals surface area contributed by atoms with Crippen molar-refractivity contribution in [2.75, 3.05) is 6.61 Å². The molecule has 0 aromatic heterocycles. The van der Waals surface area contributed by atoms with Gasteiger partial charge in [0.15, 0.2) is 0 Å². The fourth-order valence-corrected chi connectivity index (χ4v) is 0.866. The second-order valence-corrected chi connectivity index (χ2v) is 2.79. The Bertz CT molecular complexity index is 84.5. The van der Waals surface area contributed by atoms with Gasteiger partial charge in [0.25, 0.3) is 0 Å². The van der Waals surface area contributed by atoms with Gasteiger partial charge in [0, 0.05) is 6.42 Å². The van der Waals surface area contributed by atoms with Crippen LogP contribution in [0.4, 0.5) is 0 Å². The fourth-order valence-electron chi connectivity index (χ4n) is 0.866. The molecule has 1 saturated heterocycles. The molecule has 2 nitrogen and oxygen atoms in total. The van der Waals surface area contributed by atoms with Gasteiger partial charge in [-0.05, 0) is 13.8 Å². The standard InChI is InChI=1S/C6H12O2/c1-5(7)3-6(2)4-8-6/h5,7H,3-4H2,1-2H3/t5-,6-/m0/s1. The highest BCUT2D eigenvalue weighted by Gasteiger charge is 2.39. The van der Waals surface area contributed by atoms with Crippen LogP contribution in [0.25, 0.3) is 0 Å². The van der Waals surface area contributed by atoms with Crippen molar-refractivity contribution in [3.63, 3.8) is 0 Å². The van der Waals surface area contributed by atoms with Crippen LogP contribution in [0.2, 0.25) is 0 Å². The van der Waals surface area contributed by atoms with E-state index >= 15 is 0 Å². The molecule has 0 aliphatic carbocycles. The molecule has 0 aromatic rings. The third-order valence-corrected chi connectivity index (χ3v) is 1.36. The van der Waals surface area contributed by atoms with Crippen molar-refractivity contribution in [1.29, 1.82) is 0 Å². The molecule has 1 aliphatic rings. The van der Waals surface area contributed by atoms with Crippen LogP contribution < -0.4 is 0 Å². The predicted octanol–water partition coefficient (Wildman–Crippen LogP) is 0.546. The first-order valence-electron chi connectivity index (χ1n) is 2.94. The SMILES string of the molecule is C[C@H](O)C[C@@]1(C)CO1. The average Bonchev–Trinajstić information content (AvgIpc) is 2.17. The van der Waals surface area contributed by atoms with E-state index in [2.05, 4.69) is 0 Å². The topological polar surface area (TPSA) is 32.8 Å². The maximum absolute atomic E-state index is 8.85. The molecule has 0 saturated carbocycles. The highest BCUT2D eigenvalue weighted by molar-refractivity contribution is 4.87. The zero-order valence-electron chi connectivity index (χ0n) is 5.35. The van der Waals surface area contributed by atoms with Crippen LogP contribution in [0.15, 0.2) is 0 Å². The fraction of sp³-hybridized carbons (Fsp3) is 1.00. The lowest BCUT2D eigenvalue weighted by atomic mass is 10.1. The van der Waals surface area contributed by atoms with E-state index in [1.54, 1.807) is 6.92 Å². The molecule has 0 amide bonds. The van der Waals surface area contributed by atoms with Crippen LogP contribution in [0.3, 0.4) is 0 Å². The minimum absolute atomic E-state index is 0.0220. The molecule has 0 unspecified atom stereocenters. The summed E-state index contributed by atoms with van der Waals surface area (Å²) in [4.78, 5) is 0. The zero-order chi connectivity index (χ0) is 6.20. The Labute approximate surface area is 49.5 Å². The summed E-state index contributed by atoms with van der Waals surface area (Å²) in [5, 5.41) is 8.85. The summed E-state index contributed by atoms with van der Waals surface area (Å²) < 4.78 is 5.05. The first kappa shape index (κ1) is 6.05. The van der Waals surface area contributed by atoms with Crippen molar-refractivity contribution in [1.82, 2.24) is 0 Å². The van der Waals surface area contributed by atoms with Crippen molar-refractivity contribution in [2.24, 2.45) is 0 Å². The number of rotatable bonds is 2. The van der Waals surface area contributed by atoms with Crippen LogP contribution in [0.5, 0.6) is 0 Å². The molecule has 8 heavy (non-hydrogen) atoms. The number of ether oxygens (including phenoxy) is 1. The summed E-state index contributed by atoms with van der Waals surface area (Å²) >= 11 is 0. The minimum Gasteiger partial charge on any atom is -0.393 e. The van der Waals surface area contributed by atoms with E-state index in [9.17, 15) is 0 Å². The van der Waals surface area contributed by atoms with Crippen LogP contribution in [0.1, 0.15) is 20.3 Å². The summed E-state index contributed by atoms with van der Waals surface area (Å²) in [6, 6.07) is 0. The molecule has 1 fully saturated rings. The first-order chi connectivity index (χ1) is 3.62. The quantitative estimate of drug-likeness (QED) is 0.534.